The van der Waals surface area contributed by atoms with Crippen LogP contribution in [0, 0.1) is 11.3 Å². The Balaban J connectivity index is 1.82. The molecule has 0 unspecified atom stereocenters. The van der Waals surface area contributed by atoms with Gasteiger partial charge in [0.2, 0.25) is 0 Å². The summed E-state index contributed by atoms with van der Waals surface area (Å²) in [6, 6.07) is 21.1. The van der Waals surface area contributed by atoms with Gasteiger partial charge < -0.3 is 10.2 Å². The quantitative estimate of drug-likeness (QED) is 0.391. The van der Waals surface area contributed by atoms with Crippen LogP contribution in [-0.2, 0) is 4.79 Å². The predicted octanol–water partition coefficient (Wildman–Crippen LogP) is 7.39. The smallest absolute Gasteiger partial charge is 0.253 e. The number of halogens is 2. The van der Waals surface area contributed by atoms with Gasteiger partial charge in [-0.05, 0) is 55.5 Å². The number of benzene rings is 2. The van der Waals surface area contributed by atoms with Gasteiger partial charge in [-0.2, -0.15) is 5.26 Å². The average Bonchev–Trinajstić information content (AvgIpc) is 3.31. The molecule has 3 aromatic rings. The zero-order valence-corrected chi connectivity index (χ0v) is 21.1. The van der Waals surface area contributed by atoms with Gasteiger partial charge in [-0.1, -0.05) is 65.2 Å². The zero-order valence-electron chi connectivity index (χ0n) is 18.8. The van der Waals surface area contributed by atoms with Gasteiger partial charge in [0.05, 0.1) is 38.5 Å². The lowest BCUT2D eigenvalue weighted by Crippen LogP contribution is -2.29. The molecule has 1 atom stereocenters. The normalized spacial score (nSPS) is 15.1. The van der Waals surface area contributed by atoms with Crippen LogP contribution in [0.4, 0.5) is 5.69 Å². The second-order valence-electron chi connectivity index (χ2n) is 8.07. The molecule has 0 saturated heterocycles. The molecule has 0 spiro atoms. The van der Waals surface area contributed by atoms with Gasteiger partial charge in [0, 0.05) is 11.6 Å². The lowest BCUT2D eigenvalue weighted by atomic mass is 9.97. The highest BCUT2D eigenvalue weighted by molar-refractivity contribution is 7.11. The minimum absolute atomic E-state index is 0.204. The maximum absolute atomic E-state index is 13.6. The van der Waals surface area contributed by atoms with Crippen molar-refractivity contribution in [2.75, 3.05) is 11.4 Å². The first-order valence-electron chi connectivity index (χ1n) is 10.9. The molecule has 0 radical (unpaired) electrons. The molecule has 1 aliphatic rings. The number of anilines is 1. The summed E-state index contributed by atoms with van der Waals surface area (Å²) in [6.07, 6.45) is 0.599. The fourth-order valence-electron chi connectivity index (χ4n) is 4.10. The maximum atomic E-state index is 13.6. The third kappa shape index (κ3) is 4.90. The second kappa shape index (κ2) is 10.5. The summed E-state index contributed by atoms with van der Waals surface area (Å²) in [5.41, 5.74) is 4.03. The average molecular weight is 508 g/mol. The van der Waals surface area contributed by atoms with E-state index in [2.05, 4.69) is 11.4 Å². The minimum atomic E-state index is -0.261. The van der Waals surface area contributed by atoms with Crippen LogP contribution in [0.25, 0.3) is 5.70 Å². The Hall–Kier alpha value is -3.04. The molecule has 0 saturated carbocycles. The lowest BCUT2D eigenvalue weighted by Gasteiger charge is -2.28. The second-order valence-corrected chi connectivity index (χ2v) is 9.86. The maximum Gasteiger partial charge on any atom is 0.253 e. The number of thiophene rings is 1. The van der Waals surface area contributed by atoms with E-state index in [-0.39, 0.29) is 11.9 Å². The number of hydrogen-bond acceptors (Lipinski definition) is 4. The summed E-state index contributed by atoms with van der Waals surface area (Å²) in [5.74, 6) is -0.261. The van der Waals surface area contributed by atoms with Crippen LogP contribution in [0.1, 0.15) is 36.8 Å². The van der Waals surface area contributed by atoms with Gasteiger partial charge in [-0.25, -0.2) is 0 Å². The van der Waals surface area contributed by atoms with Crippen LogP contribution in [0.3, 0.4) is 0 Å². The summed E-state index contributed by atoms with van der Waals surface area (Å²) < 4.78 is 0. The topological polar surface area (TPSA) is 56.1 Å². The molecular weight excluding hydrogens is 485 g/mol. The lowest BCUT2D eigenvalue weighted by molar-refractivity contribution is -0.117. The number of nitrogens with zero attached hydrogens (tertiary/aromatic N) is 2. The fraction of sp³-hybridized carbons (Fsp3) is 0.185. The van der Waals surface area contributed by atoms with Crippen molar-refractivity contribution in [2.24, 2.45) is 0 Å². The van der Waals surface area contributed by atoms with Crippen molar-refractivity contribution in [1.82, 2.24) is 5.32 Å². The highest BCUT2D eigenvalue weighted by Crippen LogP contribution is 2.41. The van der Waals surface area contributed by atoms with Crippen molar-refractivity contribution in [2.45, 2.75) is 26.3 Å². The number of amides is 1. The molecule has 0 bridgehead atoms. The number of carbonyl (C=O) groups excluding carboxylic acids is 1. The molecule has 2 heterocycles. The van der Waals surface area contributed by atoms with Crippen LogP contribution in [0.15, 0.2) is 82.8 Å². The van der Waals surface area contributed by atoms with E-state index in [0.717, 1.165) is 21.7 Å². The number of rotatable bonds is 5. The molecule has 7 heteroatoms. The van der Waals surface area contributed by atoms with Crippen LogP contribution in [-0.4, -0.2) is 12.5 Å². The minimum Gasteiger partial charge on any atom is -0.345 e. The molecule has 4 rings (SSSR count). The third-order valence-corrected chi connectivity index (χ3v) is 7.25. The van der Waals surface area contributed by atoms with Crippen LogP contribution in [0.5, 0.6) is 0 Å². The van der Waals surface area contributed by atoms with Crippen LogP contribution in [0.2, 0.25) is 10.0 Å². The third-order valence-electron chi connectivity index (χ3n) is 5.84. The molecule has 1 aliphatic heterocycles. The standard InChI is InChI=1S/C27H23Cl2N3OS/c1-17-12-13-32(23-11-10-20(28)15-22(23)29)26(24-9-6-14-34-24)21(16-30)25(17)27(33)31-18(2)19-7-4-3-5-8-19/h3-11,14-15,18H,12-13H2,1-2H3,(H,31,33)/t18-/m0/s1. The SMILES string of the molecule is CC1=C(C(=O)N[C@@H](C)c2ccccc2)C(C#N)=C(c2cccs2)N(c2ccc(Cl)cc2Cl)CC1. The largest absolute Gasteiger partial charge is 0.345 e. The van der Waals surface area contributed by atoms with E-state index in [4.69, 9.17) is 23.2 Å². The summed E-state index contributed by atoms with van der Waals surface area (Å²) in [7, 11) is 0. The molecule has 1 aromatic heterocycles. The van der Waals surface area contributed by atoms with E-state index in [0.29, 0.717) is 39.9 Å². The molecular formula is C27H23Cl2N3OS. The van der Waals surface area contributed by atoms with E-state index in [1.54, 1.807) is 12.1 Å². The highest BCUT2D eigenvalue weighted by Gasteiger charge is 2.31. The van der Waals surface area contributed by atoms with Crippen molar-refractivity contribution in [1.29, 1.82) is 5.26 Å². The van der Waals surface area contributed by atoms with Crippen LogP contribution < -0.4 is 10.2 Å². The van der Waals surface area contributed by atoms with E-state index in [1.807, 2.05) is 72.7 Å². The van der Waals surface area contributed by atoms with Crippen molar-refractivity contribution in [3.05, 3.63) is 103 Å². The Morgan fingerprint density at radius 3 is 2.56 bits per heavy atom. The number of carbonyl (C=O) groups is 1. The van der Waals surface area contributed by atoms with Crippen molar-refractivity contribution in [3.8, 4) is 6.07 Å². The Kier molecular flexibility index (Phi) is 7.43. The monoisotopic (exact) mass is 507 g/mol. The van der Waals surface area contributed by atoms with E-state index in [9.17, 15) is 10.1 Å². The van der Waals surface area contributed by atoms with Gasteiger partial charge in [0.25, 0.3) is 5.91 Å². The fourth-order valence-corrected chi connectivity index (χ4v) is 5.40. The van der Waals surface area contributed by atoms with Crippen molar-refractivity contribution < 1.29 is 4.79 Å². The van der Waals surface area contributed by atoms with Crippen molar-refractivity contribution in [3.63, 3.8) is 0 Å². The number of hydrogen-bond donors (Lipinski definition) is 1. The Labute approximate surface area is 213 Å². The summed E-state index contributed by atoms with van der Waals surface area (Å²) in [4.78, 5) is 16.5. The summed E-state index contributed by atoms with van der Waals surface area (Å²) in [6.45, 7) is 4.42. The summed E-state index contributed by atoms with van der Waals surface area (Å²) >= 11 is 14.2. The molecule has 172 valence electrons. The summed E-state index contributed by atoms with van der Waals surface area (Å²) in [5, 5.41) is 16.4. The highest BCUT2D eigenvalue weighted by atomic mass is 35.5. The molecule has 2 aromatic carbocycles. The number of nitrogens with one attached hydrogen (secondary N) is 1. The van der Waals surface area contributed by atoms with Gasteiger partial charge in [-0.3, -0.25) is 4.79 Å². The van der Waals surface area contributed by atoms with Gasteiger partial charge in [0.1, 0.15) is 6.07 Å². The Morgan fingerprint density at radius 2 is 1.91 bits per heavy atom. The van der Waals surface area contributed by atoms with Gasteiger partial charge in [0.15, 0.2) is 0 Å². The molecule has 4 nitrogen and oxygen atoms in total. The zero-order chi connectivity index (χ0) is 24.2. The molecule has 0 fully saturated rings. The van der Waals surface area contributed by atoms with Crippen LogP contribution >= 0.6 is 34.5 Å². The predicted molar refractivity (Wildman–Crippen MR) is 141 cm³/mol. The number of nitriles is 1. The Bertz CT molecular complexity index is 1310. The van der Waals surface area contributed by atoms with E-state index >= 15 is 0 Å². The van der Waals surface area contributed by atoms with Gasteiger partial charge in [-0.15, -0.1) is 11.3 Å². The molecule has 1 amide bonds. The molecule has 34 heavy (non-hydrogen) atoms. The van der Waals surface area contributed by atoms with Gasteiger partial charge >= 0.3 is 0 Å². The Morgan fingerprint density at radius 1 is 1.15 bits per heavy atom. The molecule has 1 N–H and O–H groups in total. The van der Waals surface area contributed by atoms with E-state index in [1.165, 1.54) is 11.3 Å². The first kappa shape index (κ1) is 24.1. The molecule has 0 aliphatic carbocycles. The first-order chi connectivity index (χ1) is 16.4. The van der Waals surface area contributed by atoms with Crippen molar-refractivity contribution >= 4 is 51.8 Å². The first-order valence-corrected chi connectivity index (χ1v) is 12.5. The van der Waals surface area contributed by atoms with E-state index < -0.39 is 0 Å².